The van der Waals surface area contributed by atoms with Gasteiger partial charge in [-0.15, -0.1) is 0 Å². The fourth-order valence-corrected chi connectivity index (χ4v) is 3.09. The van der Waals surface area contributed by atoms with E-state index in [0.29, 0.717) is 6.04 Å². The first-order chi connectivity index (χ1) is 12.6. The summed E-state index contributed by atoms with van der Waals surface area (Å²) in [6, 6.07) is 10.7. The van der Waals surface area contributed by atoms with E-state index >= 15 is 0 Å². The number of aryl methyl sites for hydroxylation is 1. The molecule has 1 aliphatic rings. The molecular formula is C20H29N5O. The molecule has 26 heavy (non-hydrogen) atoms. The zero-order chi connectivity index (χ0) is 18.5. The topological polar surface area (TPSA) is 53.5 Å². The number of ether oxygens (including phenoxy) is 1. The lowest BCUT2D eigenvalue weighted by Gasteiger charge is -2.37. The standard InChI is InChI=1S/C20H29N5O/c1-5-15(2)21-20-22-16(3)14-19(23-20)25-12-10-24(11-13-25)17-6-8-18(26-4)9-7-17/h6-9,14-15H,5,10-13H2,1-4H3,(H,21,22,23). The van der Waals surface area contributed by atoms with E-state index in [1.807, 2.05) is 19.1 Å². The highest BCUT2D eigenvalue weighted by Gasteiger charge is 2.19. The SMILES string of the molecule is CCC(C)Nc1nc(C)cc(N2CCN(c3ccc(OC)cc3)CC2)n1. The lowest BCUT2D eigenvalue weighted by atomic mass is 10.2. The van der Waals surface area contributed by atoms with Crippen LogP contribution >= 0.6 is 0 Å². The molecule has 140 valence electrons. The first-order valence-corrected chi connectivity index (χ1v) is 9.35. The van der Waals surface area contributed by atoms with Crippen molar-refractivity contribution in [2.24, 2.45) is 0 Å². The monoisotopic (exact) mass is 355 g/mol. The molecule has 6 nitrogen and oxygen atoms in total. The second-order valence-corrected chi connectivity index (χ2v) is 6.82. The third-order valence-corrected chi connectivity index (χ3v) is 4.87. The average molecular weight is 355 g/mol. The van der Waals surface area contributed by atoms with Gasteiger partial charge in [-0.05, 0) is 44.5 Å². The number of nitrogens with one attached hydrogen (secondary N) is 1. The molecular weight excluding hydrogens is 326 g/mol. The fraction of sp³-hybridized carbons (Fsp3) is 0.500. The van der Waals surface area contributed by atoms with E-state index in [1.54, 1.807) is 7.11 Å². The van der Waals surface area contributed by atoms with Crippen molar-refractivity contribution in [2.45, 2.75) is 33.2 Å². The van der Waals surface area contributed by atoms with Crippen LogP contribution in [0, 0.1) is 6.92 Å². The lowest BCUT2D eigenvalue weighted by Crippen LogP contribution is -2.47. The molecule has 1 atom stereocenters. The minimum absolute atomic E-state index is 0.372. The van der Waals surface area contributed by atoms with Crippen molar-refractivity contribution in [3.8, 4) is 5.75 Å². The van der Waals surface area contributed by atoms with Gasteiger partial charge in [-0.2, -0.15) is 4.98 Å². The summed E-state index contributed by atoms with van der Waals surface area (Å²) < 4.78 is 5.24. The number of piperazine rings is 1. The second kappa shape index (κ2) is 8.25. The molecule has 2 aromatic rings. The number of benzene rings is 1. The van der Waals surface area contributed by atoms with Gasteiger partial charge in [-0.3, -0.25) is 0 Å². The van der Waals surface area contributed by atoms with E-state index in [4.69, 9.17) is 9.72 Å². The first kappa shape index (κ1) is 18.3. The minimum Gasteiger partial charge on any atom is -0.497 e. The van der Waals surface area contributed by atoms with Gasteiger partial charge in [-0.1, -0.05) is 6.92 Å². The van der Waals surface area contributed by atoms with Gasteiger partial charge in [0.1, 0.15) is 11.6 Å². The van der Waals surface area contributed by atoms with Gasteiger partial charge in [-0.25, -0.2) is 4.98 Å². The number of hydrogen-bond acceptors (Lipinski definition) is 6. The van der Waals surface area contributed by atoms with E-state index in [2.05, 4.69) is 52.1 Å². The Morgan fingerprint density at radius 2 is 1.73 bits per heavy atom. The molecule has 1 unspecified atom stereocenters. The van der Waals surface area contributed by atoms with Crippen LogP contribution in [0.15, 0.2) is 30.3 Å². The predicted molar refractivity (Wildman–Crippen MR) is 108 cm³/mol. The van der Waals surface area contributed by atoms with Crippen molar-refractivity contribution < 1.29 is 4.74 Å². The Morgan fingerprint density at radius 3 is 2.35 bits per heavy atom. The Labute approximate surface area is 156 Å². The number of hydrogen-bond donors (Lipinski definition) is 1. The van der Waals surface area contributed by atoms with Crippen LogP contribution in [0.2, 0.25) is 0 Å². The summed E-state index contributed by atoms with van der Waals surface area (Å²) in [6.07, 6.45) is 1.05. The molecule has 1 aromatic carbocycles. The third kappa shape index (κ3) is 4.36. The Bertz CT molecular complexity index is 711. The Kier molecular flexibility index (Phi) is 5.81. The van der Waals surface area contributed by atoms with Crippen LogP contribution in [0.5, 0.6) is 5.75 Å². The fourth-order valence-electron chi connectivity index (χ4n) is 3.09. The molecule has 0 aliphatic carbocycles. The van der Waals surface area contributed by atoms with Crippen LogP contribution in [0.1, 0.15) is 26.0 Å². The molecule has 6 heteroatoms. The molecule has 0 spiro atoms. The Hall–Kier alpha value is -2.50. The number of aromatic nitrogens is 2. The normalized spacial score (nSPS) is 15.7. The van der Waals surface area contributed by atoms with Crippen molar-refractivity contribution in [3.05, 3.63) is 36.0 Å². The van der Waals surface area contributed by atoms with Gasteiger partial charge in [0.15, 0.2) is 0 Å². The highest BCUT2D eigenvalue weighted by atomic mass is 16.5. The molecule has 1 saturated heterocycles. The highest BCUT2D eigenvalue weighted by molar-refractivity contribution is 5.52. The highest BCUT2D eigenvalue weighted by Crippen LogP contribution is 2.23. The van der Waals surface area contributed by atoms with Gasteiger partial charge in [0, 0.05) is 49.7 Å². The Balaban J connectivity index is 1.65. The number of rotatable bonds is 6. The molecule has 3 rings (SSSR count). The van der Waals surface area contributed by atoms with Crippen molar-refractivity contribution >= 4 is 17.5 Å². The smallest absolute Gasteiger partial charge is 0.225 e. The number of methoxy groups -OCH3 is 1. The van der Waals surface area contributed by atoms with Gasteiger partial charge < -0.3 is 19.9 Å². The molecule has 2 heterocycles. The second-order valence-electron chi connectivity index (χ2n) is 6.82. The van der Waals surface area contributed by atoms with Gasteiger partial charge in [0.05, 0.1) is 7.11 Å². The molecule has 0 radical (unpaired) electrons. The van der Waals surface area contributed by atoms with Gasteiger partial charge in [0.2, 0.25) is 5.95 Å². The maximum absolute atomic E-state index is 5.24. The maximum Gasteiger partial charge on any atom is 0.225 e. The molecule has 1 fully saturated rings. The minimum atomic E-state index is 0.372. The summed E-state index contributed by atoms with van der Waals surface area (Å²) in [6.45, 7) is 10.2. The molecule has 0 amide bonds. The summed E-state index contributed by atoms with van der Waals surface area (Å²) in [5.41, 5.74) is 2.24. The molecule has 0 saturated carbocycles. The quantitative estimate of drug-likeness (QED) is 0.858. The largest absolute Gasteiger partial charge is 0.497 e. The van der Waals surface area contributed by atoms with Crippen LogP contribution in [-0.4, -0.2) is 49.3 Å². The van der Waals surface area contributed by atoms with Crippen LogP contribution in [0.25, 0.3) is 0 Å². The summed E-state index contributed by atoms with van der Waals surface area (Å²) in [5, 5.41) is 3.39. The van der Waals surface area contributed by atoms with Crippen LogP contribution in [0.4, 0.5) is 17.5 Å². The predicted octanol–water partition coefficient (Wildman–Crippen LogP) is 3.33. The molecule has 0 bridgehead atoms. The number of nitrogens with zero attached hydrogens (tertiary/aromatic N) is 4. The van der Waals surface area contributed by atoms with Crippen molar-refractivity contribution in [1.82, 2.24) is 9.97 Å². The zero-order valence-electron chi connectivity index (χ0n) is 16.2. The van der Waals surface area contributed by atoms with Crippen LogP contribution in [-0.2, 0) is 0 Å². The summed E-state index contributed by atoms with van der Waals surface area (Å²) in [4.78, 5) is 14.0. The summed E-state index contributed by atoms with van der Waals surface area (Å²) in [5.74, 6) is 2.63. The van der Waals surface area contributed by atoms with E-state index in [9.17, 15) is 0 Å². The number of anilines is 3. The van der Waals surface area contributed by atoms with Crippen molar-refractivity contribution in [3.63, 3.8) is 0 Å². The van der Waals surface area contributed by atoms with E-state index in [-0.39, 0.29) is 0 Å². The average Bonchev–Trinajstić information content (AvgIpc) is 2.67. The zero-order valence-corrected chi connectivity index (χ0v) is 16.2. The summed E-state index contributed by atoms with van der Waals surface area (Å²) >= 11 is 0. The van der Waals surface area contributed by atoms with Crippen molar-refractivity contribution in [2.75, 3.05) is 48.4 Å². The van der Waals surface area contributed by atoms with E-state index in [1.165, 1.54) is 5.69 Å². The lowest BCUT2D eigenvalue weighted by molar-refractivity contribution is 0.415. The van der Waals surface area contributed by atoms with Crippen LogP contribution < -0.4 is 19.9 Å². The first-order valence-electron chi connectivity index (χ1n) is 9.35. The van der Waals surface area contributed by atoms with Crippen LogP contribution in [0.3, 0.4) is 0 Å². The molecule has 1 aliphatic heterocycles. The third-order valence-electron chi connectivity index (χ3n) is 4.87. The summed E-state index contributed by atoms with van der Waals surface area (Å²) in [7, 11) is 1.70. The maximum atomic E-state index is 5.24. The van der Waals surface area contributed by atoms with Crippen molar-refractivity contribution in [1.29, 1.82) is 0 Å². The van der Waals surface area contributed by atoms with Gasteiger partial charge >= 0.3 is 0 Å². The Morgan fingerprint density at radius 1 is 1.08 bits per heavy atom. The molecule has 1 N–H and O–H groups in total. The van der Waals surface area contributed by atoms with E-state index in [0.717, 1.165) is 55.8 Å². The molecule has 1 aromatic heterocycles. The van der Waals surface area contributed by atoms with Gasteiger partial charge in [0.25, 0.3) is 0 Å². The van der Waals surface area contributed by atoms with E-state index < -0.39 is 0 Å².